The number of hydrogen-bond donors (Lipinski definition) is 1. The zero-order valence-corrected chi connectivity index (χ0v) is 15.3. The molecule has 7 heteroatoms. The number of rotatable bonds is 5. The van der Waals surface area contributed by atoms with Gasteiger partial charge in [-0.1, -0.05) is 47.5 Å². The lowest BCUT2D eigenvalue weighted by Gasteiger charge is -2.28. The Bertz CT molecular complexity index is 840. The normalized spacial score (nSPS) is 15.2. The van der Waals surface area contributed by atoms with E-state index in [1.807, 2.05) is 6.07 Å². The first-order chi connectivity index (χ1) is 11.5. The van der Waals surface area contributed by atoms with Crippen molar-refractivity contribution >= 4 is 33.2 Å². The predicted molar refractivity (Wildman–Crippen MR) is 97.1 cm³/mol. The maximum Gasteiger partial charge on any atom is 0.242 e. The first-order valence-corrected chi connectivity index (χ1v) is 9.93. The van der Waals surface area contributed by atoms with Crippen LogP contribution in [0.4, 0.5) is 0 Å². The van der Waals surface area contributed by atoms with Crippen LogP contribution in [0.1, 0.15) is 11.1 Å². The summed E-state index contributed by atoms with van der Waals surface area (Å²) in [5, 5.41) is 0.506. The highest BCUT2D eigenvalue weighted by atomic mass is 35.5. The lowest BCUT2D eigenvalue weighted by atomic mass is 10.0. The minimum Gasteiger partial charge on any atom is -0.297 e. The second kappa shape index (κ2) is 7.42. The highest BCUT2D eigenvalue weighted by molar-refractivity contribution is 7.89. The average molecular weight is 385 g/mol. The summed E-state index contributed by atoms with van der Waals surface area (Å²) in [7, 11) is -3.67. The molecule has 1 aliphatic heterocycles. The van der Waals surface area contributed by atoms with E-state index in [-0.39, 0.29) is 9.92 Å². The van der Waals surface area contributed by atoms with Gasteiger partial charge in [-0.15, -0.1) is 0 Å². The predicted octanol–water partition coefficient (Wildman–Crippen LogP) is 3.33. The fraction of sp³-hybridized carbons (Fsp3) is 0.294. The molecule has 0 aromatic heterocycles. The number of halogens is 2. The summed E-state index contributed by atoms with van der Waals surface area (Å²) in [6.45, 7) is 2.74. The van der Waals surface area contributed by atoms with E-state index in [2.05, 4.69) is 27.8 Å². The van der Waals surface area contributed by atoms with Gasteiger partial charge in [-0.3, -0.25) is 4.90 Å². The SMILES string of the molecule is O=S(=O)(NCCN1CCc2ccccc2C1)c1cc(Cl)ccc1Cl. The van der Waals surface area contributed by atoms with Crippen LogP contribution < -0.4 is 4.72 Å². The number of hydrogen-bond acceptors (Lipinski definition) is 3. The number of nitrogens with one attached hydrogen (secondary N) is 1. The van der Waals surface area contributed by atoms with Gasteiger partial charge in [0, 0.05) is 31.2 Å². The van der Waals surface area contributed by atoms with Crippen molar-refractivity contribution in [2.45, 2.75) is 17.9 Å². The molecule has 0 spiro atoms. The number of benzene rings is 2. The molecule has 4 nitrogen and oxygen atoms in total. The molecule has 1 heterocycles. The summed E-state index contributed by atoms with van der Waals surface area (Å²) >= 11 is 11.8. The summed E-state index contributed by atoms with van der Waals surface area (Å²) in [6.07, 6.45) is 0.989. The molecule has 24 heavy (non-hydrogen) atoms. The minimum atomic E-state index is -3.67. The van der Waals surface area contributed by atoms with Crippen LogP contribution in [0.15, 0.2) is 47.4 Å². The molecule has 3 rings (SSSR count). The number of sulfonamides is 1. The highest BCUT2D eigenvalue weighted by Gasteiger charge is 2.20. The van der Waals surface area contributed by atoms with E-state index in [0.717, 1.165) is 19.5 Å². The number of fused-ring (bicyclic) bond motifs is 1. The Kier molecular flexibility index (Phi) is 5.47. The lowest BCUT2D eigenvalue weighted by molar-refractivity contribution is 0.258. The van der Waals surface area contributed by atoms with Crippen LogP contribution in [0.3, 0.4) is 0 Å². The van der Waals surface area contributed by atoms with Gasteiger partial charge in [-0.05, 0) is 35.7 Å². The summed E-state index contributed by atoms with van der Waals surface area (Å²) in [4.78, 5) is 2.26. The van der Waals surface area contributed by atoms with E-state index in [4.69, 9.17) is 23.2 Å². The molecular formula is C17H18Cl2N2O2S. The summed E-state index contributed by atoms with van der Waals surface area (Å²) in [6, 6.07) is 12.8. The molecule has 1 N–H and O–H groups in total. The molecule has 0 saturated carbocycles. The fourth-order valence-electron chi connectivity index (χ4n) is 2.84. The van der Waals surface area contributed by atoms with Gasteiger partial charge in [0.05, 0.1) is 5.02 Å². The summed E-state index contributed by atoms with van der Waals surface area (Å²) < 4.78 is 27.3. The van der Waals surface area contributed by atoms with Gasteiger partial charge in [0.25, 0.3) is 0 Å². The standard InChI is InChI=1S/C17H18Cl2N2O2S/c18-15-5-6-16(19)17(11-15)24(22,23)20-8-10-21-9-7-13-3-1-2-4-14(13)12-21/h1-6,11,20H,7-10,12H2. The van der Waals surface area contributed by atoms with Crippen molar-refractivity contribution in [3.05, 3.63) is 63.6 Å². The van der Waals surface area contributed by atoms with Crippen molar-refractivity contribution in [2.24, 2.45) is 0 Å². The van der Waals surface area contributed by atoms with Gasteiger partial charge in [0.2, 0.25) is 10.0 Å². The second-order valence-corrected chi connectivity index (χ2v) is 8.35. The minimum absolute atomic E-state index is 0.0145. The molecule has 0 aliphatic carbocycles. The van der Waals surface area contributed by atoms with Crippen LogP contribution in [0, 0.1) is 0 Å². The molecule has 2 aromatic carbocycles. The first-order valence-electron chi connectivity index (χ1n) is 7.69. The summed E-state index contributed by atoms with van der Waals surface area (Å²) in [5.41, 5.74) is 2.68. The molecule has 128 valence electrons. The van der Waals surface area contributed by atoms with Crippen LogP contribution in [-0.4, -0.2) is 33.0 Å². The van der Waals surface area contributed by atoms with Crippen LogP contribution >= 0.6 is 23.2 Å². The largest absolute Gasteiger partial charge is 0.297 e. The van der Waals surface area contributed by atoms with Crippen molar-refractivity contribution in [2.75, 3.05) is 19.6 Å². The Morgan fingerprint density at radius 2 is 1.83 bits per heavy atom. The molecule has 0 fully saturated rings. The van der Waals surface area contributed by atoms with Crippen molar-refractivity contribution in [1.82, 2.24) is 9.62 Å². The zero-order valence-electron chi connectivity index (χ0n) is 13.0. The Balaban J connectivity index is 1.59. The van der Waals surface area contributed by atoms with Crippen molar-refractivity contribution in [3.8, 4) is 0 Å². The monoisotopic (exact) mass is 384 g/mol. The first kappa shape index (κ1) is 17.7. The molecule has 0 amide bonds. The van der Waals surface area contributed by atoms with Crippen LogP contribution in [0.5, 0.6) is 0 Å². The third-order valence-electron chi connectivity index (χ3n) is 4.11. The van der Waals surface area contributed by atoms with Crippen LogP contribution in [0.2, 0.25) is 10.0 Å². The van der Waals surface area contributed by atoms with Gasteiger partial charge < -0.3 is 0 Å². The second-order valence-electron chi connectivity index (χ2n) is 5.77. The third kappa shape index (κ3) is 4.10. The fourth-order valence-corrected chi connectivity index (χ4v) is 4.63. The highest BCUT2D eigenvalue weighted by Crippen LogP contribution is 2.24. The van der Waals surface area contributed by atoms with E-state index in [0.29, 0.717) is 18.1 Å². The molecule has 0 unspecified atom stereocenters. The molecule has 0 radical (unpaired) electrons. The maximum atomic E-state index is 12.4. The van der Waals surface area contributed by atoms with Crippen molar-refractivity contribution in [3.63, 3.8) is 0 Å². The van der Waals surface area contributed by atoms with E-state index < -0.39 is 10.0 Å². The zero-order chi connectivity index (χ0) is 17.2. The topological polar surface area (TPSA) is 49.4 Å². The van der Waals surface area contributed by atoms with Gasteiger partial charge in [-0.25, -0.2) is 13.1 Å². The van der Waals surface area contributed by atoms with E-state index in [1.54, 1.807) is 6.07 Å². The molecule has 0 saturated heterocycles. The smallest absolute Gasteiger partial charge is 0.242 e. The maximum absolute atomic E-state index is 12.4. The van der Waals surface area contributed by atoms with E-state index in [1.165, 1.54) is 23.3 Å². The Hall–Kier alpha value is -1.11. The van der Waals surface area contributed by atoms with Gasteiger partial charge in [-0.2, -0.15) is 0 Å². The average Bonchev–Trinajstić information content (AvgIpc) is 2.56. The lowest BCUT2D eigenvalue weighted by Crippen LogP contribution is -2.37. The molecule has 2 aromatic rings. The van der Waals surface area contributed by atoms with Crippen molar-refractivity contribution in [1.29, 1.82) is 0 Å². The van der Waals surface area contributed by atoms with Crippen molar-refractivity contribution < 1.29 is 8.42 Å². The molecule has 0 bridgehead atoms. The van der Waals surface area contributed by atoms with Crippen LogP contribution in [0.25, 0.3) is 0 Å². The molecular weight excluding hydrogens is 367 g/mol. The van der Waals surface area contributed by atoms with Gasteiger partial charge >= 0.3 is 0 Å². The summed E-state index contributed by atoms with van der Waals surface area (Å²) in [5.74, 6) is 0. The Morgan fingerprint density at radius 3 is 2.62 bits per heavy atom. The molecule has 0 atom stereocenters. The molecule has 1 aliphatic rings. The van der Waals surface area contributed by atoms with Gasteiger partial charge in [0.15, 0.2) is 0 Å². The Morgan fingerprint density at radius 1 is 1.08 bits per heavy atom. The Labute approximate surface area is 152 Å². The van der Waals surface area contributed by atoms with Gasteiger partial charge in [0.1, 0.15) is 4.90 Å². The number of nitrogens with zero attached hydrogens (tertiary/aromatic N) is 1. The van der Waals surface area contributed by atoms with E-state index >= 15 is 0 Å². The quantitative estimate of drug-likeness (QED) is 0.859. The van der Waals surface area contributed by atoms with Crippen LogP contribution in [-0.2, 0) is 23.0 Å². The van der Waals surface area contributed by atoms with E-state index in [9.17, 15) is 8.42 Å². The third-order valence-corrected chi connectivity index (χ3v) is 6.29.